The molecule has 3 aromatic rings. The highest BCUT2D eigenvalue weighted by Crippen LogP contribution is 2.39. The summed E-state index contributed by atoms with van der Waals surface area (Å²) < 4.78 is 27.4. The molecular formula is C26H33N4O2S+. The van der Waals surface area contributed by atoms with E-state index in [1.807, 2.05) is 49.8 Å². The second-order valence-corrected chi connectivity index (χ2v) is 12.2. The van der Waals surface area contributed by atoms with Gasteiger partial charge in [0.25, 0.3) is 0 Å². The van der Waals surface area contributed by atoms with Crippen molar-refractivity contribution in [2.24, 2.45) is 0 Å². The van der Waals surface area contributed by atoms with Gasteiger partial charge < -0.3 is 4.90 Å². The van der Waals surface area contributed by atoms with Crippen molar-refractivity contribution >= 4 is 15.7 Å². The lowest BCUT2D eigenvalue weighted by Crippen LogP contribution is -2.53. The van der Waals surface area contributed by atoms with Gasteiger partial charge in [0.05, 0.1) is 19.8 Å². The third-order valence-corrected chi connectivity index (χ3v) is 10.3. The van der Waals surface area contributed by atoms with Crippen molar-refractivity contribution in [3.63, 3.8) is 0 Å². The average Bonchev–Trinajstić information content (AvgIpc) is 3.37. The molecule has 2 saturated heterocycles. The van der Waals surface area contributed by atoms with E-state index in [9.17, 15) is 8.42 Å². The van der Waals surface area contributed by atoms with Crippen LogP contribution in [0, 0.1) is 0 Å². The van der Waals surface area contributed by atoms with Crippen molar-refractivity contribution in [3.05, 3.63) is 83.7 Å². The molecule has 0 amide bonds. The first kappa shape index (κ1) is 22.2. The summed E-state index contributed by atoms with van der Waals surface area (Å²) in [4.78, 5) is 2.43. The van der Waals surface area contributed by atoms with Crippen LogP contribution in [0.3, 0.4) is 0 Å². The van der Waals surface area contributed by atoms with E-state index in [2.05, 4.69) is 39.4 Å². The van der Waals surface area contributed by atoms with E-state index < -0.39 is 15.3 Å². The third-order valence-electron chi connectivity index (χ3n) is 7.55. The fourth-order valence-electron chi connectivity index (χ4n) is 5.52. The summed E-state index contributed by atoms with van der Waals surface area (Å²) in [6.45, 7) is 3.22. The standard InChI is InChI=1S/C26H33N4O2S/c1-30(17-5-8-26(33(30,31)32)23-6-3-2-4-7-23)20-21-9-11-25(12-10-21)29-15-13-22(14-16-29)24-18-27-28-19-24/h2-4,6-7,9-12,18-19,22,26H,5,8,13-17,20H2,1H3,(H,27,28)/q+1. The summed E-state index contributed by atoms with van der Waals surface area (Å²) in [5.74, 6) is 0.575. The maximum absolute atomic E-state index is 13.6. The lowest BCUT2D eigenvalue weighted by Gasteiger charge is -2.40. The molecule has 5 rings (SSSR count). The first-order chi connectivity index (χ1) is 16.0. The minimum atomic E-state index is -3.35. The minimum absolute atomic E-state index is 0.0714. The van der Waals surface area contributed by atoms with Gasteiger partial charge >= 0.3 is 10.0 Å². The van der Waals surface area contributed by atoms with Gasteiger partial charge in [-0.1, -0.05) is 42.5 Å². The van der Waals surface area contributed by atoms with Gasteiger partial charge in [-0.05, 0) is 54.9 Å². The van der Waals surface area contributed by atoms with E-state index in [0.29, 0.717) is 25.4 Å². The molecule has 0 radical (unpaired) electrons. The molecular weight excluding hydrogens is 432 g/mol. The highest BCUT2D eigenvalue weighted by molar-refractivity contribution is 7.86. The number of hydrogen-bond donors (Lipinski definition) is 1. The maximum atomic E-state index is 13.6. The van der Waals surface area contributed by atoms with Gasteiger partial charge in [-0.2, -0.15) is 13.5 Å². The Morgan fingerprint density at radius 1 is 1.00 bits per heavy atom. The van der Waals surface area contributed by atoms with Crippen LogP contribution >= 0.6 is 0 Å². The molecule has 2 atom stereocenters. The van der Waals surface area contributed by atoms with Gasteiger partial charge in [0.1, 0.15) is 11.8 Å². The molecule has 7 heteroatoms. The molecule has 0 bridgehead atoms. The summed E-state index contributed by atoms with van der Waals surface area (Å²) >= 11 is 0. The van der Waals surface area contributed by atoms with Crippen LogP contribution in [0.4, 0.5) is 5.69 Å². The first-order valence-electron chi connectivity index (χ1n) is 11.9. The Kier molecular flexibility index (Phi) is 6.01. The second-order valence-electron chi connectivity index (χ2n) is 9.69. The molecule has 33 heavy (non-hydrogen) atoms. The lowest BCUT2D eigenvalue weighted by molar-refractivity contribution is -0.802. The van der Waals surface area contributed by atoms with Gasteiger partial charge in [0.15, 0.2) is 0 Å². The highest BCUT2D eigenvalue weighted by atomic mass is 32.2. The van der Waals surface area contributed by atoms with E-state index in [1.165, 1.54) is 11.3 Å². The van der Waals surface area contributed by atoms with Crippen LogP contribution in [-0.4, -0.2) is 49.2 Å². The number of sulfonamides is 1. The Morgan fingerprint density at radius 3 is 2.39 bits per heavy atom. The van der Waals surface area contributed by atoms with E-state index in [-0.39, 0.29) is 3.89 Å². The van der Waals surface area contributed by atoms with Gasteiger partial charge in [-0.25, -0.2) is 3.89 Å². The van der Waals surface area contributed by atoms with E-state index in [1.54, 1.807) is 0 Å². The predicted molar refractivity (Wildman–Crippen MR) is 131 cm³/mol. The van der Waals surface area contributed by atoms with Gasteiger partial charge in [0, 0.05) is 30.5 Å². The number of piperidine rings is 1. The maximum Gasteiger partial charge on any atom is 0.304 e. The van der Waals surface area contributed by atoms with Crippen molar-refractivity contribution in [3.8, 4) is 0 Å². The van der Waals surface area contributed by atoms with Crippen LogP contribution in [0.1, 0.15) is 53.5 Å². The van der Waals surface area contributed by atoms with Crippen molar-refractivity contribution in [1.29, 1.82) is 0 Å². The van der Waals surface area contributed by atoms with Gasteiger partial charge in [0.2, 0.25) is 0 Å². The number of H-pyrrole nitrogens is 1. The number of benzene rings is 2. The van der Waals surface area contributed by atoms with Gasteiger partial charge in [-0.3, -0.25) is 5.10 Å². The largest absolute Gasteiger partial charge is 0.371 e. The molecule has 2 aromatic carbocycles. The molecule has 0 aliphatic carbocycles. The number of nitrogens with one attached hydrogen (secondary N) is 1. The molecule has 3 heterocycles. The van der Waals surface area contributed by atoms with E-state index in [4.69, 9.17) is 0 Å². The summed E-state index contributed by atoms with van der Waals surface area (Å²) in [6, 6.07) is 18.2. The summed E-state index contributed by atoms with van der Waals surface area (Å²) in [6.07, 6.45) is 7.81. The normalized spacial score (nSPS) is 25.7. The SMILES string of the molecule is C[N+]1(Cc2ccc(N3CCC(c4cn[nH]c4)CC3)cc2)CCCC(c2ccccc2)S1(=O)=O. The molecule has 174 valence electrons. The van der Waals surface area contributed by atoms with E-state index >= 15 is 0 Å². The zero-order valence-corrected chi connectivity index (χ0v) is 20.0. The summed E-state index contributed by atoms with van der Waals surface area (Å²) in [7, 11) is -1.47. The molecule has 2 fully saturated rings. The zero-order chi connectivity index (χ0) is 22.9. The van der Waals surface area contributed by atoms with E-state index in [0.717, 1.165) is 43.5 Å². The van der Waals surface area contributed by atoms with Crippen molar-refractivity contribution in [2.45, 2.75) is 43.4 Å². The van der Waals surface area contributed by atoms with Crippen LogP contribution in [0.15, 0.2) is 67.0 Å². The summed E-state index contributed by atoms with van der Waals surface area (Å²) in [5, 5.41) is 6.59. The number of aromatic nitrogens is 2. The monoisotopic (exact) mass is 465 g/mol. The van der Waals surface area contributed by atoms with Crippen LogP contribution in [0.5, 0.6) is 0 Å². The molecule has 6 nitrogen and oxygen atoms in total. The smallest absolute Gasteiger partial charge is 0.304 e. The van der Waals surface area contributed by atoms with Crippen LogP contribution in [0.25, 0.3) is 0 Å². The molecule has 2 unspecified atom stereocenters. The Balaban J connectivity index is 1.27. The Morgan fingerprint density at radius 2 is 1.73 bits per heavy atom. The molecule has 2 aliphatic heterocycles. The Labute approximate surface area is 196 Å². The molecule has 2 aliphatic rings. The second kappa shape index (κ2) is 8.95. The fourth-order valence-corrected chi connectivity index (χ4v) is 7.82. The number of quaternary nitrogens is 1. The Hall–Kier alpha value is -2.64. The number of anilines is 1. The third kappa shape index (κ3) is 4.32. The quantitative estimate of drug-likeness (QED) is 0.559. The Bertz CT molecular complexity index is 1150. The van der Waals surface area contributed by atoms with Crippen LogP contribution in [-0.2, 0) is 16.6 Å². The lowest BCUT2D eigenvalue weighted by atomic mass is 9.91. The molecule has 0 spiro atoms. The number of aromatic amines is 1. The van der Waals surface area contributed by atoms with Crippen molar-refractivity contribution < 1.29 is 12.3 Å². The number of rotatable bonds is 5. The number of hydrogen-bond acceptors (Lipinski definition) is 4. The minimum Gasteiger partial charge on any atom is -0.371 e. The fraction of sp³-hybridized carbons (Fsp3) is 0.423. The van der Waals surface area contributed by atoms with Crippen molar-refractivity contribution in [1.82, 2.24) is 10.2 Å². The average molecular weight is 466 g/mol. The van der Waals surface area contributed by atoms with Gasteiger partial charge in [-0.15, -0.1) is 0 Å². The van der Waals surface area contributed by atoms with Crippen molar-refractivity contribution in [2.75, 3.05) is 31.6 Å². The molecule has 1 aromatic heterocycles. The molecule has 1 N–H and O–H groups in total. The zero-order valence-electron chi connectivity index (χ0n) is 19.2. The van der Waals surface area contributed by atoms with Crippen LogP contribution < -0.4 is 4.90 Å². The highest BCUT2D eigenvalue weighted by Gasteiger charge is 2.47. The molecule has 0 saturated carbocycles. The summed E-state index contributed by atoms with van der Waals surface area (Å²) in [5.41, 5.74) is 4.51. The first-order valence-corrected chi connectivity index (χ1v) is 13.4. The predicted octanol–water partition coefficient (Wildman–Crippen LogP) is 4.61. The topological polar surface area (TPSA) is 66.1 Å². The number of nitrogens with zero attached hydrogens (tertiary/aromatic N) is 3. The van der Waals surface area contributed by atoms with Crippen LogP contribution in [0.2, 0.25) is 0 Å².